The van der Waals surface area contributed by atoms with Gasteiger partial charge < -0.3 is 15.5 Å². The summed E-state index contributed by atoms with van der Waals surface area (Å²) in [6, 6.07) is 0. The Labute approximate surface area is 214 Å². The molecule has 4 N–H and O–H groups in total. The minimum Gasteiger partial charge on any atom is -0.393 e. The maximum atomic E-state index is 12.3. The molecular formula is C26H43N3O6S. The first-order chi connectivity index (χ1) is 16.8. The predicted molar refractivity (Wildman–Crippen MR) is 133 cm³/mol. The lowest BCUT2D eigenvalue weighted by molar-refractivity contribution is -0.187. The lowest BCUT2D eigenvalue weighted by atomic mass is 9.42. The summed E-state index contributed by atoms with van der Waals surface area (Å²) in [6.45, 7) is 6.73. The van der Waals surface area contributed by atoms with Crippen LogP contribution < -0.4 is 5.32 Å². The fourth-order valence-electron chi connectivity index (χ4n) is 9.41. The molecule has 5 rings (SSSR count). The van der Waals surface area contributed by atoms with Crippen LogP contribution in [0.25, 0.3) is 0 Å². The number of carbonyl (C=O) groups excluding carboxylic acids is 1. The molecule has 1 spiro atoms. The van der Waals surface area contributed by atoms with E-state index < -0.39 is 22.0 Å². The van der Waals surface area contributed by atoms with Gasteiger partial charge in [0, 0.05) is 25.3 Å². The van der Waals surface area contributed by atoms with Crippen LogP contribution in [0.5, 0.6) is 0 Å². The number of hydrogen-bond acceptors (Lipinski definition) is 7. The smallest absolute Gasteiger partial charge is 0.266 e. The van der Waals surface area contributed by atoms with Crippen LogP contribution in [-0.2, 0) is 14.9 Å². The van der Waals surface area contributed by atoms with E-state index >= 15 is 0 Å². The molecule has 10 atom stereocenters. The summed E-state index contributed by atoms with van der Waals surface area (Å²) in [7, 11) is -4.09. The zero-order valence-corrected chi connectivity index (χ0v) is 22.6. The van der Waals surface area contributed by atoms with E-state index in [0.717, 1.165) is 44.9 Å². The van der Waals surface area contributed by atoms with Crippen LogP contribution in [0.3, 0.4) is 0 Å². The van der Waals surface area contributed by atoms with Crippen LogP contribution >= 0.6 is 0 Å². The van der Waals surface area contributed by atoms with Crippen molar-refractivity contribution in [2.75, 3.05) is 12.3 Å². The lowest BCUT2D eigenvalue weighted by Crippen LogP contribution is -2.63. The Morgan fingerprint density at radius 3 is 2.50 bits per heavy atom. The largest absolute Gasteiger partial charge is 0.393 e. The molecule has 36 heavy (non-hydrogen) atoms. The van der Waals surface area contributed by atoms with Crippen LogP contribution in [0.4, 0.5) is 0 Å². The van der Waals surface area contributed by atoms with Gasteiger partial charge in [-0.2, -0.15) is 18.6 Å². The Bertz CT molecular complexity index is 1010. The number of fused-ring (bicyclic) bond motifs is 6. The van der Waals surface area contributed by atoms with E-state index in [0.29, 0.717) is 42.4 Å². The van der Waals surface area contributed by atoms with Crippen molar-refractivity contribution in [3.8, 4) is 0 Å². The quantitative estimate of drug-likeness (QED) is 0.375. The monoisotopic (exact) mass is 525 g/mol. The van der Waals surface area contributed by atoms with Crippen molar-refractivity contribution in [1.82, 2.24) is 5.32 Å². The summed E-state index contributed by atoms with van der Waals surface area (Å²) in [4.78, 5) is 12.3. The van der Waals surface area contributed by atoms with Gasteiger partial charge >= 0.3 is 0 Å². The Hall–Kier alpha value is -1.10. The molecule has 4 aliphatic carbocycles. The highest BCUT2D eigenvalue weighted by Gasteiger charge is 2.72. The fourth-order valence-corrected chi connectivity index (χ4v) is 9.77. The topological polar surface area (TPSA) is 149 Å². The van der Waals surface area contributed by atoms with Crippen molar-refractivity contribution in [2.45, 2.75) is 96.4 Å². The molecule has 0 radical (unpaired) electrons. The molecule has 0 aromatic carbocycles. The zero-order valence-electron chi connectivity index (χ0n) is 21.8. The van der Waals surface area contributed by atoms with Gasteiger partial charge in [0.15, 0.2) is 5.66 Å². The number of rotatable bonds is 7. The molecule has 0 aromatic heterocycles. The van der Waals surface area contributed by atoms with E-state index in [1.807, 2.05) is 0 Å². The van der Waals surface area contributed by atoms with E-state index in [2.05, 4.69) is 36.3 Å². The van der Waals surface area contributed by atoms with Gasteiger partial charge in [-0.05, 0) is 85.4 Å². The third kappa shape index (κ3) is 4.33. The fraction of sp³-hybridized carbons (Fsp3) is 0.962. The highest BCUT2D eigenvalue weighted by molar-refractivity contribution is 7.85. The van der Waals surface area contributed by atoms with E-state index in [1.165, 1.54) is 0 Å². The molecule has 9 nitrogen and oxygen atoms in total. The van der Waals surface area contributed by atoms with Gasteiger partial charge in [0.2, 0.25) is 5.91 Å². The molecule has 1 heterocycles. The van der Waals surface area contributed by atoms with Gasteiger partial charge in [-0.25, -0.2) is 0 Å². The molecule has 0 saturated heterocycles. The molecule has 4 saturated carbocycles. The van der Waals surface area contributed by atoms with Crippen molar-refractivity contribution in [3.05, 3.63) is 0 Å². The maximum Gasteiger partial charge on any atom is 0.266 e. The van der Waals surface area contributed by atoms with Gasteiger partial charge in [0.25, 0.3) is 10.1 Å². The Kier molecular flexibility index (Phi) is 6.62. The summed E-state index contributed by atoms with van der Waals surface area (Å²) in [6.07, 6.45) is 6.70. The minimum absolute atomic E-state index is 0.0943. The Balaban J connectivity index is 1.29. The normalized spacial score (nSPS) is 45.4. The van der Waals surface area contributed by atoms with Gasteiger partial charge in [0.1, 0.15) is 0 Å². The predicted octanol–water partition coefficient (Wildman–Crippen LogP) is 3.17. The van der Waals surface area contributed by atoms with Crippen LogP contribution in [0.2, 0.25) is 0 Å². The number of amides is 1. The van der Waals surface area contributed by atoms with Crippen molar-refractivity contribution < 1.29 is 28.0 Å². The van der Waals surface area contributed by atoms with Crippen LogP contribution in [0.1, 0.15) is 78.6 Å². The van der Waals surface area contributed by atoms with Crippen molar-refractivity contribution in [1.29, 1.82) is 0 Å². The highest BCUT2D eigenvalue weighted by atomic mass is 32.2. The van der Waals surface area contributed by atoms with Crippen molar-refractivity contribution in [3.63, 3.8) is 0 Å². The SMILES string of the molecule is C[C@@H](CCC(=O)NCCS(=O)(=O)O)[C@@H]1CC[C@@H]2C3[C@@H](C[C@@H](O)[C@]21C)[C@]1(C)CC[C@H](O)C[C@@H]1CC31N=N1. The first kappa shape index (κ1) is 26.5. The highest BCUT2D eigenvalue weighted by Crippen LogP contribution is 2.72. The number of nitrogens with one attached hydrogen (secondary N) is 1. The third-order valence-electron chi connectivity index (χ3n) is 11.4. The van der Waals surface area contributed by atoms with Crippen LogP contribution in [0.15, 0.2) is 10.2 Å². The molecule has 0 bridgehead atoms. The number of hydrogen-bond donors (Lipinski definition) is 4. The van der Waals surface area contributed by atoms with Crippen LogP contribution in [-0.4, -0.2) is 59.3 Å². The first-order valence-corrected chi connectivity index (χ1v) is 15.4. The summed E-state index contributed by atoms with van der Waals surface area (Å²) < 4.78 is 30.6. The molecule has 5 aliphatic rings. The van der Waals surface area contributed by atoms with E-state index in [9.17, 15) is 23.4 Å². The molecule has 1 amide bonds. The summed E-state index contributed by atoms with van der Waals surface area (Å²) in [5, 5.41) is 34.0. The Morgan fingerprint density at radius 1 is 1.11 bits per heavy atom. The Morgan fingerprint density at radius 2 is 1.83 bits per heavy atom. The maximum absolute atomic E-state index is 12.3. The molecule has 0 aromatic rings. The number of nitrogens with zero attached hydrogens (tertiary/aromatic N) is 2. The van der Waals surface area contributed by atoms with Gasteiger partial charge in [-0.15, -0.1) is 0 Å². The molecule has 10 heteroatoms. The first-order valence-electron chi connectivity index (χ1n) is 13.8. The van der Waals surface area contributed by atoms with E-state index in [-0.39, 0.29) is 41.0 Å². The second-order valence-electron chi connectivity index (χ2n) is 13.1. The van der Waals surface area contributed by atoms with E-state index in [4.69, 9.17) is 4.55 Å². The minimum atomic E-state index is -4.09. The second-order valence-corrected chi connectivity index (χ2v) is 14.7. The summed E-state index contributed by atoms with van der Waals surface area (Å²) in [5.74, 6) is 1.25. The summed E-state index contributed by atoms with van der Waals surface area (Å²) >= 11 is 0. The summed E-state index contributed by atoms with van der Waals surface area (Å²) in [5.41, 5.74) is -0.474. The molecule has 1 unspecified atom stereocenters. The zero-order chi connectivity index (χ0) is 26.1. The van der Waals surface area contributed by atoms with Gasteiger partial charge in [-0.3, -0.25) is 9.35 Å². The third-order valence-corrected chi connectivity index (χ3v) is 12.2. The van der Waals surface area contributed by atoms with Crippen LogP contribution in [0, 0.1) is 46.3 Å². The number of aliphatic hydroxyl groups is 2. The molecule has 4 fully saturated rings. The second kappa shape index (κ2) is 8.99. The van der Waals surface area contributed by atoms with E-state index in [1.54, 1.807) is 0 Å². The van der Waals surface area contributed by atoms with Gasteiger partial charge in [-0.1, -0.05) is 20.8 Å². The standard InChI is InChI=1S/C26H43N3O6S/c1-15(4-7-22(32)27-10-11-36(33,34)35)18-5-6-19-23-20(13-21(31)25(18,19)3)24(2)9-8-17(30)12-16(24)14-26(23)28-29-26/h15-21,23,30-31H,4-14H2,1-3H3,(H,27,32)(H,33,34,35)/t15-,16+,17-,18-,19+,20+,21+,23?,24+,25-/m0/s1. The molecule has 1 aliphatic heterocycles. The van der Waals surface area contributed by atoms with Gasteiger partial charge in [0.05, 0.1) is 18.0 Å². The molecular weight excluding hydrogens is 482 g/mol. The average Bonchev–Trinajstić information content (AvgIpc) is 3.46. The number of aliphatic hydroxyl groups excluding tert-OH is 2. The van der Waals surface area contributed by atoms with Crippen molar-refractivity contribution >= 4 is 16.0 Å². The lowest BCUT2D eigenvalue weighted by Gasteiger charge is -2.63. The number of carbonyl (C=O) groups is 1. The molecule has 204 valence electrons. The average molecular weight is 526 g/mol. The van der Waals surface area contributed by atoms with Crippen molar-refractivity contribution in [2.24, 2.45) is 56.6 Å².